The number of ether oxygens (including phenoxy) is 1. The van der Waals surface area contributed by atoms with Gasteiger partial charge in [0.05, 0.1) is 7.11 Å². The predicted molar refractivity (Wildman–Crippen MR) is 137 cm³/mol. The van der Waals surface area contributed by atoms with Crippen molar-refractivity contribution in [3.05, 3.63) is 77.4 Å². The zero-order valence-corrected chi connectivity index (χ0v) is 20.6. The first-order valence-electron chi connectivity index (χ1n) is 12.5. The van der Waals surface area contributed by atoms with Crippen molar-refractivity contribution in [2.24, 2.45) is 0 Å². The van der Waals surface area contributed by atoms with Crippen molar-refractivity contribution in [2.45, 2.75) is 70.9 Å². The highest BCUT2D eigenvalue weighted by atomic mass is 16.5. The second-order valence-corrected chi connectivity index (χ2v) is 8.97. The Morgan fingerprint density at radius 3 is 2.44 bits per heavy atom. The number of carbonyl (C=O) groups excluding carboxylic acids is 2. The molecule has 2 aromatic rings. The molecule has 0 radical (unpaired) electrons. The second kappa shape index (κ2) is 13.6. The number of methoxy groups -OCH3 is 1. The Morgan fingerprint density at radius 1 is 1.03 bits per heavy atom. The van der Waals surface area contributed by atoms with E-state index in [2.05, 4.69) is 11.4 Å². The van der Waals surface area contributed by atoms with E-state index in [1.165, 1.54) is 18.4 Å². The molecule has 2 amide bonds. The molecule has 1 atom stereocenters. The van der Waals surface area contributed by atoms with Gasteiger partial charge in [-0.25, -0.2) is 0 Å². The largest absolute Gasteiger partial charge is 0.497 e. The van der Waals surface area contributed by atoms with Crippen molar-refractivity contribution in [3.8, 4) is 5.75 Å². The van der Waals surface area contributed by atoms with Crippen LogP contribution in [0.2, 0.25) is 0 Å². The molecule has 1 N–H and O–H groups in total. The highest BCUT2D eigenvalue weighted by Gasteiger charge is 2.29. The monoisotopic (exact) mass is 462 g/mol. The molecule has 0 unspecified atom stereocenters. The van der Waals surface area contributed by atoms with E-state index < -0.39 is 6.04 Å². The first kappa shape index (κ1) is 25.5. The maximum absolute atomic E-state index is 13.5. The molecule has 0 saturated carbocycles. The third-order valence-corrected chi connectivity index (χ3v) is 6.38. The Morgan fingerprint density at radius 2 is 1.79 bits per heavy atom. The number of nitrogens with zero attached hydrogens (tertiary/aromatic N) is 1. The van der Waals surface area contributed by atoms with E-state index in [0.29, 0.717) is 25.9 Å². The molecule has 34 heavy (non-hydrogen) atoms. The van der Waals surface area contributed by atoms with Crippen LogP contribution in [-0.4, -0.2) is 36.4 Å². The molecule has 0 aromatic heterocycles. The molecule has 3 rings (SSSR count). The summed E-state index contributed by atoms with van der Waals surface area (Å²) in [7, 11) is 1.63. The Kier molecular flexibility index (Phi) is 10.2. The summed E-state index contributed by atoms with van der Waals surface area (Å²) in [6.45, 7) is 2.99. The summed E-state index contributed by atoms with van der Waals surface area (Å²) in [6, 6.07) is 17.1. The number of hydrogen-bond donors (Lipinski definition) is 1. The van der Waals surface area contributed by atoms with E-state index in [1.807, 2.05) is 61.5 Å². The molecule has 2 aromatic carbocycles. The molecule has 0 aliphatic heterocycles. The van der Waals surface area contributed by atoms with Crippen LogP contribution in [0.1, 0.15) is 63.0 Å². The van der Waals surface area contributed by atoms with Crippen LogP contribution >= 0.6 is 0 Å². The minimum Gasteiger partial charge on any atom is -0.497 e. The Bertz CT molecular complexity index is 938. The van der Waals surface area contributed by atoms with Gasteiger partial charge in [-0.3, -0.25) is 9.59 Å². The smallest absolute Gasteiger partial charge is 0.243 e. The molecule has 0 fully saturated rings. The number of hydrogen-bond acceptors (Lipinski definition) is 3. The van der Waals surface area contributed by atoms with E-state index in [1.54, 1.807) is 12.0 Å². The van der Waals surface area contributed by atoms with Gasteiger partial charge in [0.1, 0.15) is 11.8 Å². The standard InChI is InChI=1S/C29H38N2O3/c1-3-10-28(32)31(22-25-15-17-26(34-2)18-16-25)27(21-24-13-8-5-9-14-24)29(33)30-20-19-23-11-6-4-7-12-23/h5,8-9,11,13-18,27H,3-4,6-7,10,12,19-22H2,1-2H3,(H,30,33)/t27-/m1/s1. The van der Waals surface area contributed by atoms with Crippen LogP contribution in [0.4, 0.5) is 0 Å². The molecule has 0 spiro atoms. The molecule has 1 aliphatic carbocycles. The van der Waals surface area contributed by atoms with Gasteiger partial charge in [-0.15, -0.1) is 0 Å². The molecule has 0 heterocycles. The molecule has 5 nitrogen and oxygen atoms in total. The van der Waals surface area contributed by atoms with Crippen LogP contribution in [0.15, 0.2) is 66.2 Å². The highest BCUT2D eigenvalue weighted by molar-refractivity contribution is 5.88. The van der Waals surface area contributed by atoms with Crippen LogP contribution < -0.4 is 10.1 Å². The number of benzene rings is 2. The van der Waals surface area contributed by atoms with Crippen molar-refractivity contribution < 1.29 is 14.3 Å². The maximum Gasteiger partial charge on any atom is 0.243 e. The minimum atomic E-state index is -0.566. The van der Waals surface area contributed by atoms with Gasteiger partial charge in [-0.2, -0.15) is 0 Å². The fourth-order valence-corrected chi connectivity index (χ4v) is 4.43. The summed E-state index contributed by atoms with van der Waals surface area (Å²) >= 11 is 0. The highest BCUT2D eigenvalue weighted by Crippen LogP contribution is 2.21. The zero-order valence-electron chi connectivity index (χ0n) is 20.6. The van der Waals surface area contributed by atoms with Crippen LogP contribution in [0.25, 0.3) is 0 Å². The quantitative estimate of drug-likeness (QED) is 0.427. The van der Waals surface area contributed by atoms with Crippen LogP contribution in [0.3, 0.4) is 0 Å². The van der Waals surface area contributed by atoms with Crippen LogP contribution in [-0.2, 0) is 22.6 Å². The first-order valence-corrected chi connectivity index (χ1v) is 12.5. The van der Waals surface area contributed by atoms with E-state index >= 15 is 0 Å². The Labute approximate surface area is 204 Å². The lowest BCUT2D eigenvalue weighted by molar-refractivity contribution is -0.141. The number of carbonyl (C=O) groups is 2. The first-order chi connectivity index (χ1) is 16.6. The summed E-state index contributed by atoms with van der Waals surface area (Å²) in [5.74, 6) is 0.688. The summed E-state index contributed by atoms with van der Waals surface area (Å²) in [6.07, 6.45) is 9.60. The van der Waals surface area contributed by atoms with Gasteiger partial charge in [0.15, 0.2) is 0 Å². The van der Waals surface area contributed by atoms with Gasteiger partial charge in [0.2, 0.25) is 11.8 Å². The average molecular weight is 463 g/mol. The normalized spacial score (nSPS) is 14.1. The van der Waals surface area contributed by atoms with Gasteiger partial charge < -0.3 is 15.0 Å². The van der Waals surface area contributed by atoms with E-state index in [4.69, 9.17) is 4.74 Å². The van der Waals surface area contributed by atoms with Crippen molar-refractivity contribution >= 4 is 11.8 Å². The van der Waals surface area contributed by atoms with Crippen LogP contribution in [0.5, 0.6) is 5.75 Å². The van der Waals surface area contributed by atoms with Crippen molar-refractivity contribution in [2.75, 3.05) is 13.7 Å². The van der Waals surface area contributed by atoms with Gasteiger partial charge in [-0.05, 0) is 61.8 Å². The van der Waals surface area contributed by atoms with Crippen LogP contribution in [0, 0.1) is 0 Å². The molecule has 0 saturated heterocycles. The molecular formula is C29H38N2O3. The molecule has 5 heteroatoms. The molecule has 182 valence electrons. The topological polar surface area (TPSA) is 58.6 Å². The summed E-state index contributed by atoms with van der Waals surface area (Å²) in [5, 5.41) is 3.14. The second-order valence-electron chi connectivity index (χ2n) is 8.97. The number of rotatable bonds is 12. The SMILES string of the molecule is CCCC(=O)N(Cc1ccc(OC)cc1)[C@H](Cc1ccccc1)C(=O)NCCC1=CCCCC1. The summed E-state index contributed by atoms with van der Waals surface area (Å²) in [4.78, 5) is 28.5. The third kappa shape index (κ3) is 7.75. The van der Waals surface area contributed by atoms with Crippen molar-refractivity contribution in [1.29, 1.82) is 0 Å². The lowest BCUT2D eigenvalue weighted by Crippen LogP contribution is -2.50. The fraction of sp³-hybridized carbons (Fsp3) is 0.448. The lowest BCUT2D eigenvalue weighted by Gasteiger charge is -2.31. The number of amides is 2. The number of nitrogens with one attached hydrogen (secondary N) is 1. The maximum atomic E-state index is 13.5. The predicted octanol–water partition coefficient (Wildman–Crippen LogP) is 5.44. The van der Waals surface area contributed by atoms with Gasteiger partial charge >= 0.3 is 0 Å². The molecule has 1 aliphatic rings. The molecular weight excluding hydrogens is 424 g/mol. The Balaban J connectivity index is 1.79. The number of allylic oxidation sites excluding steroid dienone is 1. The van der Waals surface area contributed by atoms with Gasteiger partial charge in [-0.1, -0.05) is 61.0 Å². The summed E-state index contributed by atoms with van der Waals surface area (Å²) in [5.41, 5.74) is 3.45. The van der Waals surface area contributed by atoms with E-state index in [-0.39, 0.29) is 11.8 Å². The summed E-state index contributed by atoms with van der Waals surface area (Å²) < 4.78 is 5.27. The van der Waals surface area contributed by atoms with E-state index in [0.717, 1.165) is 42.6 Å². The lowest BCUT2D eigenvalue weighted by atomic mass is 9.97. The Hall–Kier alpha value is -3.08. The van der Waals surface area contributed by atoms with Crippen molar-refractivity contribution in [3.63, 3.8) is 0 Å². The van der Waals surface area contributed by atoms with Gasteiger partial charge in [0.25, 0.3) is 0 Å². The zero-order chi connectivity index (χ0) is 24.2. The third-order valence-electron chi connectivity index (χ3n) is 6.38. The average Bonchev–Trinajstić information content (AvgIpc) is 2.88. The van der Waals surface area contributed by atoms with Gasteiger partial charge in [0, 0.05) is 25.9 Å². The fourth-order valence-electron chi connectivity index (χ4n) is 4.43. The van der Waals surface area contributed by atoms with Crippen molar-refractivity contribution in [1.82, 2.24) is 10.2 Å². The molecule has 0 bridgehead atoms. The minimum absolute atomic E-state index is 0.00406. The van der Waals surface area contributed by atoms with E-state index in [9.17, 15) is 9.59 Å².